The van der Waals surface area contributed by atoms with Crippen LogP contribution in [-0.2, 0) is 14.3 Å². The lowest BCUT2D eigenvalue weighted by Crippen LogP contribution is -2.44. The highest BCUT2D eigenvalue weighted by molar-refractivity contribution is 5.79. The third-order valence-electron chi connectivity index (χ3n) is 3.34. The van der Waals surface area contributed by atoms with Crippen molar-refractivity contribution in [3.8, 4) is 0 Å². The van der Waals surface area contributed by atoms with Crippen LogP contribution in [0.4, 0.5) is 4.79 Å². The van der Waals surface area contributed by atoms with Gasteiger partial charge in [-0.3, -0.25) is 4.79 Å². The van der Waals surface area contributed by atoms with Crippen molar-refractivity contribution in [1.82, 2.24) is 15.5 Å². The Bertz CT molecular complexity index is 369. The first-order valence-corrected chi connectivity index (χ1v) is 7.09. The van der Waals surface area contributed by atoms with Gasteiger partial charge in [0.15, 0.2) is 6.10 Å². The van der Waals surface area contributed by atoms with E-state index in [1.165, 1.54) is 7.11 Å². The Morgan fingerprint density at radius 1 is 1.19 bits per heavy atom. The van der Waals surface area contributed by atoms with Gasteiger partial charge in [0.1, 0.15) is 0 Å². The summed E-state index contributed by atoms with van der Waals surface area (Å²) in [6.07, 6.45) is 2.40. The number of rotatable bonds is 7. The number of aliphatic carboxylic acids is 1. The molecule has 1 fully saturated rings. The van der Waals surface area contributed by atoms with Gasteiger partial charge in [-0.2, -0.15) is 0 Å². The number of carboxylic acids is 1. The maximum atomic E-state index is 11.8. The van der Waals surface area contributed by atoms with Crippen molar-refractivity contribution in [2.24, 2.45) is 0 Å². The van der Waals surface area contributed by atoms with Crippen molar-refractivity contribution in [3.05, 3.63) is 0 Å². The summed E-state index contributed by atoms with van der Waals surface area (Å²) < 4.78 is 4.68. The first kappa shape index (κ1) is 17.2. The van der Waals surface area contributed by atoms with Crippen LogP contribution in [0.1, 0.15) is 25.7 Å². The van der Waals surface area contributed by atoms with Gasteiger partial charge in [0, 0.05) is 33.2 Å². The predicted molar refractivity (Wildman–Crippen MR) is 74.9 cm³/mol. The van der Waals surface area contributed by atoms with Crippen molar-refractivity contribution in [3.63, 3.8) is 0 Å². The van der Waals surface area contributed by atoms with Crippen LogP contribution in [0, 0.1) is 0 Å². The zero-order valence-electron chi connectivity index (χ0n) is 12.3. The van der Waals surface area contributed by atoms with Crippen LogP contribution in [0.3, 0.4) is 0 Å². The molecule has 1 atom stereocenters. The number of urea groups is 1. The molecule has 0 aromatic heterocycles. The van der Waals surface area contributed by atoms with Crippen LogP contribution in [0.2, 0.25) is 0 Å². The summed E-state index contributed by atoms with van der Waals surface area (Å²) >= 11 is 0. The smallest absolute Gasteiger partial charge is 0.334 e. The van der Waals surface area contributed by atoms with Crippen molar-refractivity contribution in [1.29, 1.82) is 0 Å². The molecule has 0 saturated carbocycles. The van der Waals surface area contributed by atoms with Crippen LogP contribution in [0.15, 0.2) is 0 Å². The van der Waals surface area contributed by atoms with Crippen LogP contribution >= 0.6 is 0 Å². The fourth-order valence-electron chi connectivity index (χ4n) is 2.10. The number of hydrogen-bond acceptors (Lipinski definition) is 4. The molecular formula is C13H23N3O5. The maximum absolute atomic E-state index is 11.8. The number of carbonyl (C=O) groups excluding carboxylic acids is 2. The fraction of sp³-hybridized carbons (Fsp3) is 0.769. The number of carboxylic acid groups (broad SMARTS) is 1. The fourth-order valence-corrected chi connectivity index (χ4v) is 2.10. The lowest BCUT2D eigenvalue weighted by atomic mass is 10.1. The van der Waals surface area contributed by atoms with Gasteiger partial charge >= 0.3 is 12.0 Å². The van der Waals surface area contributed by atoms with Crippen molar-refractivity contribution in [2.75, 3.05) is 33.3 Å². The molecule has 1 unspecified atom stereocenters. The zero-order valence-corrected chi connectivity index (χ0v) is 12.3. The molecule has 0 aromatic carbocycles. The molecule has 1 aliphatic rings. The van der Waals surface area contributed by atoms with Crippen LogP contribution in [0.5, 0.6) is 0 Å². The van der Waals surface area contributed by atoms with Crippen molar-refractivity contribution in [2.45, 2.75) is 31.8 Å². The molecule has 0 radical (unpaired) electrons. The predicted octanol–water partition coefficient (Wildman–Crippen LogP) is -0.212. The average molecular weight is 301 g/mol. The standard InChI is InChI=1S/C13H23N3O5/c1-21-10(12(18)19)9-15-13(20)14-6-5-11(17)16-7-3-2-4-8-16/h10H,2-9H2,1H3,(H,18,19)(H2,14,15,20). The minimum atomic E-state index is -1.14. The van der Waals surface area contributed by atoms with Gasteiger partial charge in [-0.05, 0) is 19.3 Å². The summed E-state index contributed by atoms with van der Waals surface area (Å²) in [5, 5.41) is 13.6. The summed E-state index contributed by atoms with van der Waals surface area (Å²) in [6, 6.07) is -0.509. The topological polar surface area (TPSA) is 108 Å². The minimum Gasteiger partial charge on any atom is -0.479 e. The SMILES string of the molecule is COC(CNC(=O)NCCC(=O)N1CCCCC1)C(=O)O. The van der Waals surface area contributed by atoms with Gasteiger partial charge in [0.2, 0.25) is 5.91 Å². The summed E-state index contributed by atoms with van der Waals surface area (Å²) in [4.78, 5) is 35.8. The van der Waals surface area contributed by atoms with E-state index in [1.807, 2.05) is 4.90 Å². The largest absolute Gasteiger partial charge is 0.479 e. The van der Waals surface area contributed by atoms with Crippen molar-refractivity contribution < 1.29 is 24.2 Å². The Labute approximate surface area is 123 Å². The van der Waals surface area contributed by atoms with Gasteiger partial charge in [-0.1, -0.05) is 0 Å². The highest BCUT2D eigenvalue weighted by atomic mass is 16.5. The molecule has 0 aromatic rings. The van der Waals surface area contributed by atoms with E-state index in [-0.39, 0.29) is 25.4 Å². The lowest BCUT2D eigenvalue weighted by Gasteiger charge is -2.26. The molecule has 1 heterocycles. The molecule has 1 saturated heterocycles. The van der Waals surface area contributed by atoms with Crippen molar-refractivity contribution >= 4 is 17.9 Å². The summed E-state index contributed by atoms with van der Waals surface area (Å²) in [5.41, 5.74) is 0. The van der Waals surface area contributed by atoms with Crippen LogP contribution in [-0.4, -0.2) is 67.3 Å². The Morgan fingerprint density at radius 3 is 2.43 bits per heavy atom. The number of amides is 3. The second-order valence-electron chi connectivity index (χ2n) is 4.89. The normalized spacial score (nSPS) is 16.1. The number of nitrogens with zero attached hydrogens (tertiary/aromatic N) is 1. The molecule has 8 nitrogen and oxygen atoms in total. The Kier molecular flexibility index (Phi) is 7.52. The molecule has 0 spiro atoms. The van der Waals surface area contributed by atoms with E-state index >= 15 is 0 Å². The highest BCUT2D eigenvalue weighted by Crippen LogP contribution is 2.09. The molecule has 3 amide bonds. The van der Waals surface area contributed by atoms with Gasteiger partial charge < -0.3 is 25.4 Å². The van der Waals surface area contributed by atoms with E-state index in [2.05, 4.69) is 15.4 Å². The van der Waals surface area contributed by atoms with E-state index in [1.54, 1.807) is 0 Å². The third-order valence-corrected chi connectivity index (χ3v) is 3.34. The Hall–Kier alpha value is -1.83. The molecule has 120 valence electrons. The van der Waals surface area contributed by atoms with E-state index < -0.39 is 18.1 Å². The molecule has 8 heteroatoms. The number of likely N-dealkylation sites (tertiary alicyclic amines) is 1. The summed E-state index contributed by atoms with van der Waals surface area (Å²) in [6.45, 7) is 1.68. The second-order valence-corrected chi connectivity index (χ2v) is 4.89. The lowest BCUT2D eigenvalue weighted by molar-refractivity contribution is -0.148. The number of nitrogens with one attached hydrogen (secondary N) is 2. The Balaban J connectivity index is 2.15. The summed E-state index contributed by atoms with van der Waals surface area (Å²) in [7, 11) is 1.26. The maximum Gasteiger partial charge on any atom is 0.334 e. The van der Waals surface area contributed by atoms with Crippen LogP contribution < -0.4 is 10.6 Å². The van der Waals surface area contributed by atoms with Gasteiger partial charge in [-0.15, -0.1) is 0 Å². The minimum absolute atomic E-state index is 0.0373. The second kappa shape index (κ2) is 9.17. The zero-order chi connectivity index (χ0) is 15.7. The first-order chi connectivity index (χ1) is 10.0. The van der Waals surface area contributed by atoms with E-state index in [9.17, 15) is 14.4 Å². The van der Waals surface area contributed by atoms with Gasteiger partial charge in [-0.25, -0.2) is 9.59 Å². The van der Waals surface area contributed by atoms with E-state index in [0.29, 0.717) is 0 Å². The summed E-state index contributed by atoms with van der Waals surface area (Å²) in [5.74, 6) is -1.10. The molecule has 21 heavy (non-hydrogen) atoms. The number of carbonyl (C=O) groups is 3. The van der Waals surface area contributed by atoms with Crippen LogP contribution in [0.25, 0.3) is 0 Å². The number of ether oxygens (including phenoxy) is 1. The third kappa shape index (κ3) is 6.44. The average Bonchev–Trinajstić information content (AvgIpc) is 2.48. The molecule has 1 aliphatic heterocycles. The molecule has 3 N–H and O–H groups in total. The molecule has 1 rings (SSSR count). The first-order valence-electron chi connectivity index (χ1n) is 7.09. The van der Waals surface area contributed by atoms with Gasteiger partial charge in [0.25, 0.3) is 0 Å². The Morgan fingerprint density at radius 2 is 1.86 bits per heavy atom. The van der Waals surface area contributed by atoms with Gasteiger partial charge in [0.05, 0.1) is 6.54 Å². The monoisotopic (exact) mass is 301 g/mol. The quantitative estimate of drug-likeness (QED) is 0.603. The molecule has 0 bridgehead atoms. The van der Waals surface area contributed by atoms with E-state index in [4.69, 9.17) is 5.11 Å². The molecule has 0 aliphatic carbocycles. The number of hydrogen-bond donors (Lipinski definition) is 3. The van der Waals surface area contributed by atoms with E-state index in [0.717, 1.165) is 32.4 Å². The molecular weight excluding hydrogens is 278 g/mol. The number of piperidine rings is 1. The number of methoxy groups -OCH3 is 1. The highest BCUT2D eigenvalue weighted by Gasteiger charge is 2.18.